The second-order valence-corrected chi connectivity index (χ2v) is 9.05. The molecule has 1 aromatic heterocycles. The van der Waals surface area contributed by atoms with E-state index in [1.54, 1.807) is 42.5 Å². The molecule has 1 amide bonds. The molecule has 9 heteroatoms. The van der Waals surface area contributed by atoms with Crippen molar-refractivity contribution >= 4 is 39.8 Å². The third-order valence-corrected chi connectivity index (χ3v) is 6.83. The molecule has 0 saturated carbocycles. The molecule has 1 unspecified atom stereocenters. The number of ether oxygens (including phenoxy) is 2. The molecule has 0 bridgehead atoms. The van der Waals surface area contributed by atoms with Crippen LogP contribution in [0, 0.1) is 13.8 Å². The molecular formula is C24H21ClN2O5S. The van der Waals surface area contributed by atoms with E-state index < -0.39 is 23.5 Å². The van der Waals surface area contributed by atoms with Crippen molar-refractivity contribution < 1.29 is 24.2 Å². The van der Waals surface area contributed by atoms with Crippen LogP contribution in [-0.4, -0.2) is 36.0 Å². The Morgan fingerprint density at radius 2 is 1.76 bits per heavy atom. The Morgan fingerprint density at radius 1 is 1.09 bits per heavy atom. The highest BCUT2D eigenvalue weighted by Crippen LogP contribution is 2.45. The van der Waals surface area contributed by atoms with Crippen molar-refractivity contribution in [1.29, 1.82) is 0 Å². The van der Waals surface area contributed by atoms with Crippen LogP contribution in [0.15, 0.2) is 53.8 Å². The third kappa shape index (κ3) is 3.96. The van der Waals surface area contributed by atoms with E-state index in [1.165, 1.54) is 30.5 Å². The van der Waals surface area contributed by atoms with Crippen LogP contribution in [0.5, 0.6) is 11.5 Å². The van der Waals surface area contributed by atoms with Gasteiger partial charge in [0, 0.05) is 15.5 Å². The lowest BCUT2D eigenvalue weighted by Gasteiger charge is -2.25. The van der Waals surface area contributed by atoms with Gasteiger partial charge in [0.2, 0.25) is 0 Å². The molecule has 1 aliphatic rings. The maximum Gasteiger partial charge on any atom is 0.296 e. The first kappa shape index (κ1) is 22.8. The first-order chi connectivity index (χ1) is 15.8. The monoisotopic (exact) mass is 484 g/mol. The molecule has 7 nitrogen and oxygen atoms in total. The summed E-state index contributed by atoms with van der Waals surface area (Å²) in [7, 11) is 3.02. The Balaban J connectivity index is 1.90. The van der Waals surface area contributed by atoms with Crippen molar-refractivity contribution in [2.24, 2.45) is 0 Å². The molecule has 0 radical (unpaired) electrons. The van der Waals surface area contributed by atoms with Crippen LogP contribution < -0.4 is 14.4 Å². The number of Topliss-reactive ketones (excluding diaryl/α,β-unsaturated/α-hetero) is 1. The number of hydrogen-bond acceptors (Lipinski definition) is 7. The number of aromatic nitrogens is 1. The normalized spacial score (nSPS) is 15.8. The highest BCUT2D eigenvalue weighted by molar-refractivity contribution is 7.15. The number of anilines is 1. The molecule has 0 spiro atoms. The number of halogens is 1. The standard InChI is InChI=1S/C24H21ClN2O5S/c1-12-13(2)33-24(26-12)27-20(15-7-10-17(31-3)18(11-15)32-4)19(22(29)23(27)30)21(28)14-5-8-16(25)9-6-14/h5-11,20,29H,1-4H3. The number of nitrogens with zero attached hydrogens (tertiary/aromatic N) is 2. The zero-order valence-electron chi connectivity index (χ0n) is 18.4. The van der Waals surface area contributed by atoms with E-state index in [0.717, 1.165) is 10.6 Å². The smallest absolute Gasteiger partial charge is 0.296 e. The van der Waals surface area contributed by atoms with Gasteiger partial charge in [0.05, 0.1) is 31.5 Å². The number of benzene rings is 2. The zero-order chi connectivity index (χ0) is 23.9. The third-order valence-electron chi connectivity index (χ3n) is 5.51. The van der Waals surface area contributed by atoms with Crippen LogP contribution in [-0.2, 0) is 4.79 Å². The number of amides is 1. The van der Waals surface area contributed by atoms with Crippen molar-refractivity contribution in [3.05, 3.63) is 80.5 Å². The average molecular weight is 485 g/mol. The number of ketones is 1. The van der Waals surface area contributed by atoms with Crippen LogP contribution in [0.3, 0.4) is 0 Å². The van der Waals surface area contributed by atoms with Crippen molar-refractivity contribution in [2.75, 3.05) is 19.1 Å². The molecule has 1 atom stereocenters. The number of carbonyl (C=O) groups is 2. The number of aliphatic hydroxyl groups is 1. The summed E-state index contributed by atoms with van der Waals surface area (Å²) in [4.78, 5) is 33.5. The molecule has 4 rings (SSSR count). The summed E-state index contributed by atoms with van der Waals surface area (Å²) in [6, 6.07) is 10.5. The molecule has 3 aromatic rings. The van der Waals surface area contributed by atoms with Gasteiger partial charge in [0.1, 0.15) is 0 Å². The molecule has 2 heterocycles. The van der Waals surface area contributed by atoms with Gasteiger partial charge in [-0.3, -0.25) is 14.5 Å². The predicted octanol–water partition coefficient (Wildman–Crippen LogP) is 5.21. The summed E-state index contributed by atoms with van der Waals surface area (Å²) in [5.41, 5.74) is 1.59. The highest BCUT2D eigenvalue weighted by atomic mass is 35.5. The molecular weight excluding hydrogens is 464 g/mol. The van der Waals surface area contributed by atoms with E-state index in [4.69, 9.17) is 21.1 Å². The Morgan fingerprint density at radius 3 is 2.33 bits per heavy atom. The molecule has 1 N–H and O–H groups in total. The summed E-state index contributed by atoms with van der Waals surface area (Å²) in [5.74, 6) is -0.860. The van der Waals surface area contributed by atoms with E-state index in [1.807, 2.05) is 13.8 Å². The minimum atomic E-state index is -0.912. The lowest BCUT2D eigenvalue weighted by atomic mass is 9.92. The summed E-state index contributed by atoms with van der Waals surface area (Å²) in [6.45, 7) is 3.74. The first-order valence-electron chi connectivity index (χ1n) is 9.99. The predicted molar refractivity (Wildman–Crippen MR) is 127 cm³/mol. The van der Waals surface area contributed by atoms with Crippen molar-refractivity contribution in [2.45, 2.75) is 19.9 Å². The number of aliphatic hydroxyl groups excluding tert-OH is 1. The fraction of sp³-hybridized carbons (Fsp3) is 0.208. The van der Waals surface area contributed by atoms with Gasteiger partial charge in [-0.1, -0.05) is 17.7 Å². The number of rotatable bonds is 6. The van der Waals surface area contributed by atoms with Gasteiger partial charge < -0.3 is 14.6 Å². The molecule has 0 saturated heterocycles. The average Bonchev–Trinajstić information content (AvgIpc) is 3.28. The SMILES string of the molecule is COc1ccc(C2C(C(=O)c3ccc(Cl)cc3)=C(O)C(=O)N2c2nc(C)c(C)s2)cc1OC. The van der Waals surface area contributed by atoms with Crippen molar-refractivity contribution in [3.63, 3.8) is 0 Å². The second-order valence-electron chi connectivity index (χ2n) is 7.43. The number of hydrogen-bond donors (Lipinski definition) is 1. The number of carbonyl (C=O) groups excluding carboxylic acids is 2. The molecule has 33 heavy (non-hydrogen) atoms. The van der Waals surface area contributed by atoms with Crippen LogP contribution in [0.25, 0.3) is 0 Å². The van der Waals surface area contributed by atoms with Crippen molar-refractivity contribution in [3.8, 4) is 11.5 Å². The minimum absolute atomic E-state index is 0.0416. The molecule has 2 aromatic carbocycles. The van der Waals surface area contributed by atoms with Gasteiger partial charge in [-0.25, -0.2) is 4.98 Å². The maximum atomic E-state index is 13.5. The Kier molecular flexibility index (Phi) is 6.14. The topological polar surface area (TPSA) is 89.0 Å². The number of methoxy groups -OCH3 is 2. The van der Waals surface area contributed by atoms with E-state index in [-0.39, 0.29) is 5.57 Å². The number of thiazole rings is 1. The van der Waals surface area contributed by atoms with Gasteiger partial charge in [-0.15, -0.1) is 11.3 Å². The number of aryl methyl sites for hydroxylation is 2. The molecule has 0 aliphatic carbocycles. The summed E-state index contributed by atoms with van der Waals surface area (Å²) >= 11 is 7.28. The van der Waals surface area contributed by atoms with Gasteiger partial charge in [-0.05, 0) is 55.8 Å². The Hall–Kier alpha value is -3.36. The molecule has 0 fully saturated rings. The van der Waals surface area contributed by atoms with Crippen LogP contribution in [0.4, 0.5) is 5.13 Å². The summed E-state index contributed by atoms with van der Waals surface area (Å²) < 4.78 is 10.8. The summed E-state index contributed by atoms with van der Waals surface area (Å²) in [6.07, 6.45) is 0. The summed E-state index contributed by atoms with van der Waals surface area (Å²) in [5, 5.41) is 11.7. The van der Waals surface area contributed by atoms with Crippen LogP contribution in [0.2, 0.25) is 5.02 Å². The molecule has 1 aliphatic heterocycles. The van der Waals surface area contributed by atoms with Crippen LogP contribution >= 0.6 is 22.9 Å². The van der Waals surface area contributed by atoms with E-state index in [0.29, 0.717) is 32.8 Å². The van der Waals surface area contributed by atoms with Gasteiger partial charge in [0.15, 0.2) is 28.2 Å². The zero-order valence-corrected chi connectivity index (χ0v) is 20.0. The Labute approximate surface area is 199 Å². The Bertz CT molecular complexity index is 1260. The largest absolute Gasteiger partial charge is 0.503 e. The van der Waals surface area contributed by atoms with E-state index in [9.17, 15) is 14.7 Å². The van der Waals surface area contributed by atoms with Gasteiger partial charge >= 0.3 is 0 Å². The quantitative estimate of drug-likeness (QED) is 0.483. The second kappa shape index (κ2) is 8.88. The van der Waals surface area contributed by atoms with E-state index in [2.05, 4.69) is 4.98 Å². The first-order valence-corrected chi connectivity index (χ1v) is 11.2. The lowest BCUT2D eigenvalue weighted by molar-refractivity contribution is -0.117. The highest BCUT2D eigenvalue weighted by Gasteiger charge is 2.46. The lowest BCUT2D eigenvalue weighted by Crippen LogP contribution is -2.31. The van der Waals surface area contributed by atoms with Crippen LogP contribution in [0.1, 0.15) is 32.5 Å². The fourth-order valence-electron chi connectivity index (χ4n) is 3.69. The minimum Gasteiger partial charge on any atom is -0.503 e. The van der Waals surface area contributed by atoms with E-state index >= 15 is 0 Å². The van der Waals surface area contributed by atoms with Gasteiger partial charge in [0.25, 0.3) is 5.91 Å². The molecule has 170 valence electrons. The fourth-order valence-corrected chi connectivity index (χ4v) is 4.75. The maximum absolute atomic E-state index is 13.5. The van der Waals surface area contributed by atoms with Crippen molar-refractivity contribution in [1.82, 2.24) is 4.98 Å². The van der Waals surface area contributed by atoms with Gasteiger partial charge in [-0.2, -0.15) is 0 Å².